The van der Waals surface area contributed by atoms with Crippen LogP contribution in [0.3, 0.4) is 0 Å². The molecule has 0 unspecified atom stereocenters. The minimum Gasteiger partial charge on any atom is -0.0622 e. The molecule has 0 fully saturated rings. The molecular formula is C18H17. The molecule has 1 aliphatic carbocycles. The maximum atomic E-state index is 2.30. The molecule has 1 aliphatic rings. The summed E-state index contributed by atoms with van der Waals surface area (Å²) in [5.41, 5.74) is 9.56. The predicted molar refractivity (Wildman–Crippen MR) is 77.5 cm³/mol. The Balaban J connectivity index is 2.23. The Morgan fingerprint density at radius 3 is 2.28 bits per heavy atom. The fourth-order valence-electron chi connectivity index (χ4n) is 2.94. The van der Waals surface area contributed by atoms with Gasteiger partial charge in [-0.3, -0.25) is 0 Å². The molecule has 0 saturated carbocycles. The summed E-state index contributed by atoms with van der Waals surface area (Å²) in [7, 11) is 0. The molecule has 1 radical (unpaired) electrons. The van der Waals surface area contributed by atoms with E-state index >= 15 is 0 Å². The van der Waals surface area contributed by atoms with Crippen molar-refractivity contribution in [1.82, 2.24) is 0 Å². The highest BCUT2D eigenvalue weighted by Gasteiger charge is 2.22. The molecule has 0 nitrogen and oxygen atoms in total. The third-order valence-corrected chi connectivity index (χ3v) is 3.59. The summed E-state index contributed by atoms with van der Waals surface area (Å²) in [5, 5.41) is 0. The predicted octanol–water partition coefficient (Wildman–Crippen LogP) is 4.69. The molecule has 0 aliphatic heterocycles. The Bertz CT molecular complexity index is 631. The van der Waals surface area contributed by atoms with Crippen molar-refractivity contribution in [3.63, 3.8) is 0 Å². The molecule has 18 heavy (non-hydrogen) atoms. The molecule has 89 valence electrons. The molecule has 0 N–H and O–H groups in total. The molecule has 0 aromatic heterocycles. The fraction of sp³-hybridized carbons (Fsp3) is 0.167. The highest BCUT2D eigenvalue weighted by atomic mass is 14.3. The lowest BCUT2D eigenvalue weighted by atomic mass is 9.93. The first-order valence-corrected chi connectivity index (χ1v) is 6.39. The van der Waals surface area contributed by atoms with E-state index in [1.165, 1.54) is 39.0 Å². The van der Waals surface area contributed by atoms with Crippen LogP contribution in [0.15, 0.2) is 48.0 Å². The molecule has 0 heterocycles. The Kier molecular flexibility index (Phi) is 2.59. The topological polar surface area (TPSA) is 0 Å². The van der Waals surface area contributed by atoms with Gasteiger partial charge in [0.1, 0.15) is 0 Å². The van der Waals surface area contributed by atoms with Gasteiger partial charge in [0.25, 0.3) is 0 Å². The maximum Gasteiger partial charge on any atom is 0.0168 e. The van der Waals surface area contributed by atoms with Gasteiger partial charge in [-0.05, 0) is 48.6 Å². The second-order valence-electron chi connectivity index (χ2n) is 5.11. The number of fused-ring (bicyclic) bond motifs is 1. The van der Waals surface area contributed by atoms with E-state index in [1.54, 1.807) is 0 Å². The average molecular weight is 233 g/mol. The van der Waals surface area contributed by atoms with Crippen molar-refractivity contribution < 1.29 is 0 Å². The van der Waals surface area contributed by atoms with Crippen molar-refractivity contribution in [2.45, 2.75) is 20.8 Å². The lowest BCUT2D eigenvalue weighted by molar-refractivity contribution is 1.33. The van der Waals surface area contributed by atoms with Gasteiger partial charge in [0.05, 0.1) is 0 Å². The highest BCUT2D eigenvalue weighted by molar-refractivity contribution is 5.91. The van der Waals surface area contributed by atoms with E-state index < -0.39 is 0 Å². The zero-order chi connectivity index (χ0) is 12.7. The van der Waals surface area contributed by atoms with Gasteiger partial charge in [-0.15, -0.1) is 0 Å². The number of hydrogen-bond acceptors (Lipinski definition) is 0. The van der Waals surface area contributed by atoms with Crippen molar-refractivity contribution in [2.75, 3.05) is 0 Å². The number of benzene rings is 2. The van der Waals surface area contributed by atoms with Crippen molar-refractivity contribution in [3.8, 4) is 0 Å². The first-order chi connectivity index (χ1) is 8.66. The second kappa shape index (κ2) is 4.13. The van der Waals surface area contributed by atoms with Crippen molar-refractivity contribution in [2.24, 2.45) is 0 Å². The lowest BCUT2D eigenvalue weighted by Gasteiger charge is -2.11. The fourth-order valence-corrected chi connectivity index (χ4v) is 2.94. The molecule has 2 aromatic rings. The molecule has 0 spiro atoms. The summed E-state index contributed by atoms with van der Waals surface area (Å²) in [4.78, 5) is 0. The minimum absolute atomic E-state index is 1.32. The third-order valence-electron chi connectivity index (χ3n) is 3.59. The van der Waals surface area contributed by atoms with E-state index in [4.69, 9.17) is 0 Å². The molecule has 3 rings (SSSR count). The molecule has 0 saturated heterocycles. The summed E-state index contributed by atoms with van der Waals surface area (Å²) >= 11 is 0. The first-order valence-electron chi connectivity index (χ1n) is 6.39. The third kappa shape index (κ3) is 1.69. The zero-order valence-corrected chi connectivity index (χ0v) is 11.1. The van der Waals surface area contributed by atoms with Crippen LogP contribution in [0.4, 0.5) is 0 Å². The summed E-state index contributed by atoms with van der Waals surface area (Å²) < 4.78 is 0. The van der Waals surface area contributed by atoms with Crippen LogP contribution in [0.5, 0.6) is 0 Å². The number of aryl methyl sites for hydroxylation is 2. The highest BCUT2D eigenvalue weighted by Crippen LogP contribution is 2.40. The molecule has 0 amide bonds. The Morgan fingerprint density at radius 2 is 1.56 bits per heavy atom. The van der Waals surface area contributed by atoms with Crippen LogP contribution >= 0.6 is 0 Å². The van der Waals surface area contributed by atoms with E-state index in [9.17, 15) is 0 Å². The number of hydrogen-bond donors (Lipinski definition) is 0. The first kappa shape index (κ1) is 11.3. The lowest BCUT2D eigenvalue weighted by Crippen LogP contribution is -1.92. The van der Waals surface area contributed by atoms with Crippen molar-refractivity contribution in [1.29, 1.82) is 0 Å². The van der Waals surface area contributed by atoms with Crippen LogP contribution in [0.1, 0.15) is 34.7 Å². The Morgan fingerprint density at radius 1 is 0.833 bits per heavy atom. The standard InChI is InChI=1S/C18H17/c1-12-9-13(2)18-16(10-12)11-14(3)17(18)15-7-5-4-6-8-15/h4-11H,1-3H3. The molecule has 0 atom stereocenters. The van der Waals surface area contributed by atoms with E-state index in [0.717, 1.165) is 0 Å². The van der Waals surface area contributed by atoms with Crippen LogP contribution in [-0.4, -0.2) is 0 Å². The van der Waals surface area contributed by atoms with Gasteiger partial charge in [0, 0.05) is 6.42 Å². The summed E-state index contributed by atoms with van der Waals surface area (Å²) in [6.07, 6.45) is 2.30. The van der Waals surface area contributed by atoms with Crippen molar-refractivity contribution >= 4 is 5.57 Å². The van der Waals surface area contributed by atoms with Gasteiger partial charge in [-0.2, -0.15) is 0 Å². The van der Waals surface area contributed by atoms with E-state index in [2.05, 4.69) is 69.7 Å². The summed E-state index contributed by atoms with van der Waals surface area (Å²) in [6.45, 7) is 6.58. The minimum atomic E-state index is 1.32. The number of rotatable bonds is 1. The summed E-state index contributed by atoms with van der Waals surface area (Å²) in [6, 6.07) is 15.2. The normalized spacial score (nSPS) is 13.9. The smallest absolute Gasteiger partial charge is 0.0168 e. The average Bonchev–Trinajstić information content (AvgIpc) is 2.66. The zero-order valence-electron chi connectivity index (χ0n) is 11.1. The van der Waals surface area contributed by atoms with Crippen LogP contribution in [0, 0.1) is 20.3 Å². The van der Waals surface area contributed by atoms with E-state index in [1.807, 2.05) is 0 Å². The molecular weight excluding hydrogens is 216 g/mol. The largest absolute Gasteiger partial charge is 0.0622 e. The van der Waals surface area contributed by atoms with Gasteiger partial charge in [-0.25, -0.2) is 0 Å². The van der Waals surface area contributed by atoms with Gasteiger partial charge >= 0.3 is 0 Å². The van der Waals surface area contributed by atoms with Crippen LogP contribution in [0.25, 0.3) is 5.57 Å². The SMILES string of the molecule is CC1=C(c2ccccc2)c2c(C)cc(C)cc2[CH]1. The Labute approximate surface area is 109 Å². The molecule has 0 heteroatoms. The van der Waals surface area contributed by atoms with Crippen LogP contribution in [-0.2, 0) is 0 Å². The van der Waals surface area contributed by atoms with Gasteiger partial charge in [0.15, 0.2) is 0 Å². The van der Waals surface area contributed by atoms with Gasteiger partial charge in [-0.1, -0.05) is 53.6 Å². The van der Waals surface area contributed by atoms with Crippen molar-refractivity contribution in [3.05, 3.63) is 82.3 Å². The van der Waals surface area contributed by atoms with E-state index in [-0.39, 0.29) is 0 Å². The van der Waals surface area contributed by atoms with Gasteiger partial charge < -0.3 is 0 Å². The summed E-state index contributed by atoms with van der Waals surface area (Å²) in [5.74, 6) is 0. The maximum absolute atomic E-state index is 2.30. The monoisotopic (exact) mass is 233 g/mol. The van der Waals surface area contributed by atoms with Gasteiger partial charge in [0.2, 0.25) is 0 Å². The van der Waals surface area contributed by atoms with Crippen LogP contribution in [0.2, 0.25) is 0 Å². The molecule has 2 aromatic carbocycles. The second-order valence-corrected chi connectivity index (χ2v) is 5.11. The quantitative estimate of drug-likeness (QED) is 0.670. The Hall–Kier alpha value is -1.82. The molecule has 0 bridgehead atoms. The van der Waals surface area contributed by atoms with Crippen LogP contribution < -0.4 is 0 Å². The van der Waals surface area contributed by atoms with E-state index in [0.29, 0.717) is 0 Å². The number of allylic oxidation sites excluding steroid dienone is 1.